The molecule has 3 rings (SSSR count). The molecule has 0 radical (unpaired) electrons. The van der Waals surface area contributed by atoms with Crippen molar-refractivity contribution in [1.82, 2.24) is 25.0 Å². The van der Waals surface area contributed by atoms with Gasteiger partial charge in [-0.25, -0.2) is 9.97 Å². The molecule has 148 valence electrons. The lowest BCUT2D eigenvalue weighted by molar-refractivity contribution is -0.121. The Labute approximate surface area is 168 Å². The Kier molecular flexibility index (Phi) is 6.08. The van der Waals surface area contributed by atoms with Crippen molar-refractivity contribution in [1.29, 1.82) is 0 Å². The molecule has 0 aliphatic carbocycles. The average molecular weight is 400 g/mol. The Morgan fingerprint density at radius 3 is 2.79 bits per heavy atom. The first-order valence-electron chi connectivity index (χ1n) is 9.34. The number of nitrogens with one attached hydrogen (secondary N) is 2. The van der Waals surface area contributed by atoms with Gasteiger partial charge in [0.1, 0.15) is 16.3 Å². The second kappa shape index (κ2) is 8.52. The number of nitrogens with zero attached hydrogens (tertiary/aromatic N) is 3. The highest BCUT2D eigenvalue weighted by Gasteiger charge is 2.22. The van der Waals surface area contributed by atoms with Crippen LogP contribution in [0.15, 0.2) is 29.9 Å². The predicted octanol–water partition coefficient (Wildman–Crippen LogP) is 3.25. The number of carbonyl (C=O) groups excluding carboxylic acids is 2. The van der Waals surface area contributed by atoms with Gasteiger partial charge >= 0.3 is 0 Å². The van der Waals surface area contributed by atoms with Crippen molar-refractivity contribution in [2.75, 3.05) is 0 Å². The molecular formula is C20H25N5O2S. The minimum absolute atomic E-state index is 0.0259. The summed E-state index contributed by atoms with van der Waals surface area (Å²) in [4.78, 5) is 33.2. The summed E-state index contributed by atoms with van der Waals surface area (Å²) in [7, 11) is 0. The van der Waals surface area contributed by atoms with E-state index in [9.17, 15) is 9.59 Å². The third-order valence-electron chi connectivity index (χ3n) is 4.42. The Morgan fingerprint density at radius 1 is 1.29 bits per heavy atom. The lowest BCUT2D eigenvalue weighted by Gasteiger charge is -2.19. The van der Waals surface area contributed by atoms with Crippen LogP contribution in [0.5, 0.6) is 0 Å². The quantitative estimate of drug-likeness (QED) is 0.638. The van der Waals surface area contributed by atoms with Crippen molar-refractivity contribution < 1.29 is 9.59 Å². The Hall–Kier alpha value is -2.74. The topological polar surface area (TPSA) is 88.4 Å². The fourth-order valence-electron chi connectivity index (χ4n) is 2.81. The van der Waals surface area contributed by atoms with Gasteiger partial charge in [-0.2, -0.15) is 0 Å². The summed E-state index contributed by atoms with van der Waals surface area (Å²) in [5.74, 6) is -0.0963. The first kappa shape index (κ1) is 20.0. The Bertz CT molecular complexity index is 992. The van der Waals surface area contributed by atoms with Crippen molar-refractivity contribution in [3.63, 3.8) is 0 Å². The van der Waals surface area contributed by atoms with Gasteiger partial charge in [-0.05, 0) is 30.5 Å². The van der Waals surface area contributed by atoms with E-state index in [-0.39, 0.29) is 23.8 Å². The number of rotatable bonds is 7. The fraction of sp³-hybridized carbons (Fsp3) is 0.400. The van der Waals surface area contributed by atoms with Gasteiger partial charge in [-0.3, -0.25) is 9.59 Å². The molecule has 1 atom stereocenters. The van der Waals surface area contributed by atoms with Crippen LogP contribution in [0.3, 0.4) is 0 Å². The van der Waals surface area contributed by atoms with Crippen LogP contribution in [-0.4, -0.2) is 26.2 Å². The molecule has 0 unspecified atom stereocenters. The zero-order chi connectivity index (χ0) is 20.3. The number of hydrogen-bond donors (Lipinski definition) is 2. The van der Waals surface area contributed by atoms with Crippen LogP contribution in [0.4, 0.5) is 0 Å². The summed E-state index contributed by atoms with van der Waals surface area (Å²) >= 11 is 1.39. The molecule has 0 saturated heterocycles. The average Bonchev–Trinajstić information content (AvgIpc) is 3.30. The molecule has 3 aromatic rings. The molecule has 0 saturated carbocycles. The van der Waals surface area contributed by atoms with Crippen LogP contribution < -0.4 is 10.6 Å². The van der Waals surface area contributed by atoms with Crippen molar-refractivity contribution in [3.8, 4) is 0 Å². The van der Waals surface area contributed by atoms with Gasteiger partial charge in [0.05, 0.1) is 18.3 Å². The maximum atomic E-state index is 12.5. The second-order valence-electron chi connectivity index (χ2n) is 7.10. The summed E-state index contributed by atoms with van der Waals surface area (Å²) in [6, 6.07) is 3.81. The Morgan fingerprint density at radius 2 is 2.07 bits per heavy atom. The van der Waals surface area contributed by atoms with Crippen molar-refractivity contribution >= 4 is 28.8 Å². The number of hydrogen-bond acceptors (Lipinski definition) is 5. The monoisotopic (exact) mass is 399 g/mol. The SMILES string of the molecule is CCC(=O)N[C@@H](c1nc(C(=O)NCc2cn3ccc(C)cc3n2)cs1)C(C)C. The zero-order valence-corrected chi connectivity index (χ0v) is 17.3. The van der Waals surface area contributed by atoms with Gasteiger partial charge in [0.15, 0.2) is 0 Å². The molecule has 2 N–H and O–H groups in total. The van der Waals surface area contributed by atoms with E-state index in [2.05, 4.69) is 20.6 Å². The van der Waals surface area contributed by atoms with Gasteiger partial charge in [0, 0.05) is 24.2 Å². The lowest BCUT2D eigenvalue weighted by Crippen LogP contribution is -2.31. The summed E-state index contributed by atoms with van der Waals surface area (Å²) in [5, 5.41) is 8.31. The molecule has 7 nitrogen and oxygen atoms in total. The number of carbonyl (C=O) groups is 2. The maximum Gasteiger partial charge on any atom is 0.271 e. The first-order valence-corrected chi connectivity index (χ1v) is 10.2. The highest BCUT2D eigenvalue weighted by molar-refractivity contribution is 7.09. The van der Waals surface area contributed by atoms with Gasteiger partial charge in [0.2, 0.25) is 5.91 Å². The van der Waals surface area contributed by atoms with Crippen molar-refractivity contribution in [2.24, 2.45) is 5.92 Å². The summed E-state index contributed by atoms with van der Waals surface area (Å²) in [6.07, 6.45) is 4.27. The van der Waals surface area contributed by atoms with Crippen LogP contribution in [0.25, 0.3) is 5.65 Å². The molecule has 0 fully saturated rings. The van der Waals surface area contributed by atoms with E-state index in [0.29, 0.717) is 18.7 Å². The molecule has 0 bridgehead atoms. The van der Waals surface area contributed by atoms with E-state index in [1.54, 1.807) is 5.38 Å². The largest absolute Gasteiger partial charge is 0.347 e. The Balaban J connectivity index is 1.66. The molecule has 2 amide bonds. The molecule has 0 aromatic carbocycles. The van der Waals surface area contributed by atoms with E-state index in [1.165, 1.54) is 11.3 Å². The van der Waals surface area contributed by atoms with Gasteiger partial charge in [-0.1, -0.05) is 20.8 Å². The highest BCUT2D eigenvalue weighted by Crippen LogP contribution is 2.25. The molecule has 8 heteroatoms. The molecular weight excluding hydrogens is 374 g/mol. The van der Waals surface area contributed by atoms with Crippen LogP contribution in [0.1, 0.15) is 60.0 Å². The minimum Gasteiger partial charge on any atom is -0.347 e. The summed E-state index contributed by atoms with van der Waals surface area (Å²) in [6.45, 7) is 8.20. The third kappa shape index (κ3) is 4.56. The minimum atomic E-state index is -0.250. The van der Waals surface area contributed by atoms with Crippen LogP contribution in [-0.2, 0) is 11.3 Å². The highest BCUT2D eigenvalue weighted by atomic mass is 32.1. The third-order valence-corrected chi connectivity index (χ3v) is 5.35. The summed E-state index contributed by atoms with van der Waals surface area (Å²) < 4.78 is 1.93. The zero-order valence-electron chi connectivity index (χ0n) is 16.5. The van der Waals surface area contributed by atoms with E-state index in [4.69, 9.17) is 0 Å². The van der Waals surface area contributed by atoms with Gasteiger partial charge in [0.25, 0.3) is 5.91 Å². The number of thiazole rings is 1. The number of aryl methyl sites for hydroxylation is 1. The number of fused-ring (bicyclic) bond motifs is 1. The van der Waals surface area contributed by atoms with Crippen LogP contribution >= 0.6 is 11.3 Å². The normalized spacial score (nSPS) is 12.3. The maximum absolute atomic E-state index is 12.5. The number of aromatic nitrogens is 3. The van der Waals surface area contributed by atoms with E-state index in [1.807, 2.05) is 56.6 Å². The fourth-order valence-corrected chi connectivity index (χ4v) is 3.83. The van der Waals surface area contributed by atoms with Crippen LogP contribution in [0, 0.1) is 12.8 Å². The van der Waals surface area contributed by atoms with Crippen molar-refractivity contribution in [2.45, 2.75) is 46.7 Å². The standard InChI is InChI=1S/C20H25N5O2S/c1-5-17(26)24-18(12(2)3)20-23-15(11-28-20)19(27)21-9-14-10-25-7-6-13(4)8-16(25)22-14/h6-8,10-12,18H,5,9H2,1-4H3,(H,21,27)(H,24,26)/t18-/m1/s1. The molecule has 3 heterocycles. The first-order chi connectivity index (χ1) is 13.4. The second-order valence-corrected chi connectivity index (χ2v) is 7.99. The molecule has 0 spiro atoms. The molecule has 3 aromatic heterocycles. The van der Waals surface area contributed by atoms with Gasteiger partial charge in [-0.15, -0.1) is 11.3 Å². The van der Waals surface area contributed by atoms with Crippen molar-refractivity contribution in [3.05, 3.63) is 51.9 Å². The molecule has 0 aliphatic rings. The van der Waals surface area contributed by atoms with E-state index < -0.39 is 0 Å². The number of pyridine rings is 1. The van der Waals surface area contributed by atoms with Crippen LogP contribution in [0.2, 0.25) is 0 Å². The van der Waals surface area contributed by atoms with E-state index in [0.717, 1.165) is 21.9 Å². The van der Waals surface area contributed by atoms with Gasteiger partial charge < -0.3 is 15.0 Å². The number of amides is 2. The summed E-state index contributed by atoms with van der Waals surface area (Å²) in [5.41, 5.74) is 3.13. The van der Waals surface area contributed by atoms with E-state index >= 15 is 0 Å². The lowest BCUT2D eigenvalue weighted by atomic mass is 10.1. The predicted molar refractivity (Wildman–Crippen MR) is 109 cm³/mol. The smallest absolute Gasteiger partial charge is 0.271 e. The molecule has 0 aliphatic heterocycles. The number of imidazole rings is 1. The molecule has 28 heavy (non-hydrogen) atoms.